The molecule has 1 heterocycles. The van der Waals surface area contributed by atoms with Crippen molar-refractivity contribution in [1.29, 1.82) is 0 Å². The van der Waals surface area contributed by atoms with Crippen molar-refractivity contribution < 1.29 is 4.74 Å². The first-order valence-corrected chi connectivity index (χ1v) is 4.89. The number of hydrogen-bond acceptors (Lipinski definition) is 3. The first-order chi connectivity index (χ1) is 7.74. The zero-order valence-corrected chi connectivity index (χ0v) is 9.18. The SMILES string of the molecule is COc1c(-c2ccccc2)cnn(C)c1=O. The van der Waals surface area contributed by atoms with E-state index in [0.29, 0.717) is 11.3 Å². The molecule has 0 saturated heterocycles. The highest BCUT2D eigenvalue weighted by Gasteiger charge is 2.11. The summed E-state index contributed by atoms with van der Waals surface area (Å²) in [5, 5.41) is 3.99. The molecule has 0 aliphatic rings. The van der Waals surface area contributed by atoms with Gasteiger partial charge in [0.2, 0.25) is 0 Å². The highest BCUT2D eigenvalue weighted by Crippen LogP contribution is 2.24. The third-order valence-corrected chi connectivity index (χ3v) is 2.38. The maximum absolute atomic E-state index is 11.8. The molecule has 1 aromatic carbocycles. The third-order valence-electron chi connectivity index (χ3n) is 2.38. The van der Waals surface area contributed by atoms with E-state index in [1.165, 1.54) is 11.8 Å². The molecular weight excluding hydrogens is 204 g/mol. The van der Waals surface area contributed by atoms with Gasteiger partial charge in [-0.3, -0.25) is 4.79 Å². The molecule has 0 atom stereocenters. The first kappa shape index (κ1) is 10.4. The molecule has 0 aliphatic carbocycles. The van der Waals surface area contributed by atoms with E-state index in [4.69, 9.17) is 4.74 Å². The fourth-order valence-corrected chi connectivity index (χ4v) is 1.54. The van der Waals surface area contributed by atoms with Crippen molar-refractivity contribution in [3.8, 4) is 16.9 Å². The van der Waals surface area contributed by atoms with Crippen LogP contribution in [0.4, 0.5) is 0 Å². The van der Waals surface area contributed by atoms with Gasteiger partial charge in [-0.25, -0.2) is 4.68 Å². The quantitative estimate of drug-likeness (QED) is 0.763. The Morgan fingerprint density at radius 3 is 2.56 bits per heavy atom. The maximum Gasteiger partial charge on any atom is 0.309 e. The van der Waals surface area contributed by atoms with E-state index in [-0.39, 0.29) is 5.56 Å². The molecule has 2 rings (SSSR count). The Morgan fingerprint density at radius 1 is 1.25 bits per heavy atom. The van der Waals surface area contributed by atoms with E-state index in [0.717, 1.165) is 5.56 Å². The monoisotopic (exact) mass is 216 g/mol. The van der Waals surface area contributed by atoms with E-state index in [2.05, 4.69) is 5.10 Å². The summed E-state index contributed by atoms with van der Waals surface area (Å²) >= 11 is 0. The molecule has 82 valence electrons. The Hall–Kier alpha value is -2.10. The highest BCUT2D eigenvalue weighted by molar-refractivity contribution is 5.68. The lowest BCUT2D eigenvalue weighted by atomic mass is 10.1. The molecule has 0 radical (unpaired) electrons. The molecule has 0 saturated carbocycles. The van der Waals surface area contributed by atoms with Crippen LogP contribution in [0.5, 0.6) is 5.75 Å². The second kappa shape index (κ2) is 4.18. The van der Waals surface area contributed by atoms with Crippen molar-refractivity contribution >= 4 is 0 Å². The van der Waals surface area contributed by atoms with Crippen LogP contribution in [-0.4, -0.2) is 16.9 Å². The summed E-state index contributed by atoms with van der Waals surface area (Å²) in [6.07, 6.45) is 1.63. The van der Waals surface area contributed by atoms with Crippen LogP contribution in [0.2, 0.25) is 0 Å². The molecule has 4 heteroatoms. The number of ether oxygens (including phenoxy) is 1. The molecule has 0 spiro atoms. The van der Waals surface area contributed by atoms with E-state index >= 15 is 0 Å². The molecule has 0 unspecified atom stereocenters. The van der Waals surface area contributed by atoms with Crippen molar-refractivity contribution in [2.45, 2.75) is 0 Å². The minimum Gasteiger partial charge on any atom is -0.491 e. The topological polar surface area (TPSA) is 44.1 Å². The number of nitrogens with zero attached hydrogens (tertiary/aromatic N) is 2. The van der Waals surface area contributed by atoms with Crippen LogP contribution in [0.3, 0.4) is 0 Å². The smallest absolute Gasteiger partial charge is 0.309 e. The summed E-state index contributed by atoms with van der Waals surface area (Å²) in [7, 11) is 3.09. The fourth-order valence-electron chi connectivity index (χ4n) is 1.54. The van der Waals surface area contributed by atoms with Gasteiger partial charge < -0.3 is 4.74 Å². The molecule has 0 aliphatic heterocycles. The van der Waals surface area contributed by atoms with E-state index in [1.807, 2.05) is 30.3 Å². The summed E-state index contributed by atoms with van der Waals surface area (Å²) in [5.41, 5.74) is 1.40. The number of benzene rings is 1. The van der Waals surface area contributed by atoms with Gasteiger partial charge >= 0.3 is 5.56 Å². The normalized spacial score (nSPS) is 10.1. The lowest BCUT2D eigenvalue weighted by Crippen LogP contribution is -2.21. The summed E-state index contributed by atoms with van der Waals surface area (Å²) < 4.78 is 6.39. The lowest BCUT2D eigenvalue weighted by Gasteiger charge is -2.08. The third kappa shape index (κ3) is 1.69. The van der Waals surface area contributed by atoms with Crippen LogP contribution >= 0.6 is 0 Å². The van der Waals surface area contributed by atoms with Crippen molar-refractivity contribution in [2.75, 3.05) is 7.11 Å². The van der Waals surface area contributed by atoms with Gasteiger partial charge in [-0.1, -0.05) is 30.3 Å². The van der Waals surface area contributed by atoms with Crippen LogP contribution in [0.1, 0.15) is 0 Å². The summed E-state index contributed by atoms with van der Waals surface area (Å²) in [6, 6.07) is 9.57. The van der Waals surface area contributed by atoms with Gasteiger partial charge in [0, 0.05) is 12.6 Å². The van der Waals surface area contributed by atoms with Crippen LogP contribution < -0.4 is 10.3 Å². The summed E-state index contributed by atoms with van der Waals surface area (Å²) in [5.74, 6) is 0.323. The lowest BCUT2D eigenvalue weighted by molar-refractivity contribution is 0.402. The molecular formula is C12H12N2O2. The first-order valence-electron chi connectivity index (χ1n) is 4.89. The Bertz CT molecular complexity index is 547. The number of aryl methyl sites for hydroxylation is 1. The van der Waals surface area contributed by atoms with Gasteiger partial charge in [-0.2, -0.15) is 5.10 Å². The Balaban J connectivity index is 2.67. The van der Waals surface area contributed by atoms with Crippen LogP contribution in [-0.2, 0) is 7.05 Å². The minimum absolute atomic E-state index is 0.233. The number of aromatic nitrogens is 2. The van der Waals surface area contributed by atoms with Gasteiger partial charge in [-0.15, -0.1) is 0 Å². The molecule has 2 aromatic rings. The number of hydrogen-bond donors (Lipinski definition) is 0. The second-order valence-corrected chi connectivity index (χ2v) is 3.39. The maximum atomic E-state index is 11.8. The van der Waals surface area contributed by atoms with Crippen molar-refractivity contribution in [1.82, 2.24) is 9.78 Å². The van der Waals surface area contributed by atoms with Gasteiger partial charge in [0.25, 0.3) is 0 Å². The Labute approximate surface area is 93.1 Å². The van der Waals surface area contributed by atoms with Crippen LogP contribution in [0, 0.1) is 0 Å². The minimum atomic E-state index is -0.233. The predicted octanol–water partition coefficient (Wildman–Crippen LogP) is 1.46. The standard InChI is InChI=1S/C12H12N2O2/c1-14-12(15)11(16-2)10(8-13-14)9-6-4-3-5-7-9/h3-8H,1-2H3. The largest absolute Gasteiger partial charge is 0.491 e. The van der Waals surface area contributed by atoms with Crippen LogP contribution in [0.15, 0.2) is 41.3 Å². The predicted molar refractivity (Wildman–Crippen MR) is 61.5 cm³/mol. The zero-order chi connectivity index (χ0) is 11.5. The van der Waals surface area contributed by atoms with Gasteiger partial charge in [0.1, 0.15) is 0 Å². The van der Waals surface area contributed by atoms with Crippen molar-refractivity contribution in [3.63, 3.8) is 0 Å². The molecule has 1 aromatic heterocycles. The molecule has 0 bridgehead atoms. The zero-order valence-electron chi connectivity index (χ0n) is 9.18. The van der Waals surface area contributed by atoms with E-state index in [1.54, 1.807) is 13.2 Å². The summed E-state index contributed by atoms with van der Waals surface area (Å²) in [6.45, 7) is 0. The van der Waals surface area contributed by atoms with Gasteiger partial charge in [0.15, 0.2) is 5.75 Å². The van der Waals surface area contributed by atoms with Gasteiger partial charge in [-0.05, 0) is 5.56 Å². The molecule has 16 heavy (non-hydrogen) atoms. The summed E-state index contributed by atoms with van der Waals surface area (Å²) in [4.78, 5) is 11.8. The molecule has 0 amide bonds. The Morgan fingerprint density at radius 2 is 1.94 bits per heavy atom. The fraction of sp³-hybridized carbons (Fsp3) is 0.167. The molecule has 4 nitrogen and oxygen atoms in total. The number of rotatable bonds is 2. The van der Waals surface area contributed by atoms with E-state index in [9.17, 15) is 4.79 Å². The van der Waals surface area contributed by atoms with Crippen molar-refractivity contribution in [3.05, 3.63) is 46.9 Å². The van der Waals surface area contributed by atoms with E-state index < -0.39 is 0 Å². The molecule has 0 N–H and O–H groups in total. The second-order valence-electron chi connectivity index (χ2n) is 3.39. The average molecular weight is 216 g/mol. The average Bonchev–Trinajstić information content (AvgIpc) is 2.33. The van der Waals surface area contributed by atoms with Crippen molar-refractivity contribution in [2.24, 2.45) is 7.05 Å². The molecule has 0 fully saturated rings. The highest BCUT2D eigenvalue weighted by atomic mass is 16.5. The van der Waals surface area contributed by atoms with Gasteiger partial charge in [0.05, 0.1) is 13.3 Å². The van der Waals surface area contributed by atoms with Crippen LogP contribution in [0.25, 0.3) is 11.1 Å². The number of methoxy groups -OCH3 is 1. The Kier molecular flexibility index (Phi) is 2.72.